The van der Waals surface area contributed by atoms with Crippen LogP contribution in [-0.4, -0.2) is 59.5 Å². The molecule has 0 saturated carbocycles. The van der Waals surface area contributed by atoms with E-state index < -0.39 is 33.8 Å². The molecule has 0 spiro atoms. The molecule has 2 aromatic carbocycles. The smallest absolute Gasteiger partial charge is 0.262 e. The number of amides is 3. The summed E-state index contributed by atoms with van der Waals surface area (Å²) in [5, 5.41) is 3.02. The van der Waals surface area contributed by atoms with Gasteiger partial charge in [0.15, 0.2) is 5.13 Å². The molecule has 208 valence electrons. The molecule has 0 bridgehead atoms. The molecule has 39 heavy (non-hydrogen) atoms. The lowest BCUT2D eigenvalue weighted by Crippen LogP contribution is -2.50. The lowest BCUT2D eigenvalue weighted by Gasteiger charge is -2.27. The molecule has 1 aliphatic rings. The number of aromatic nitrogens is 1. The maximum Gasteiger partial charge on any atom is 0.262 e. The number of rotatable bonds is 12. The number of hydrogen-bond donors (Lipinski definition) is 1. The summed E-state index contributed by atoms with van der Waals surface area (Å²) in [6, 6.07) is 10.3. The molecule has 0 fully saturated rings. The summed E-state index contributed by atoms with van der Waals surface area (Å²) in [7, 11) is -3.68. The normalized spacial score (nSPS) is 14.5. The molecule has 11 heteroatoms. The zero-order valence-electron chi connectivity index (χ0n) is 22.6. The second-order valence-corrected chi connectivity index (χ2v) is 12.9. The summed E-state index contributed by atoms with van der Waals surface area (Å²) >= 11 is 1.15. The van der Waals surface area contributed by atoms with Crippen molar-refractivity contribution in [1.82, 2.24) is 14.2 Å². The van der Waals surface area contributed by atoms with Crippen molar-refractivity contribution in [3.05, 3.63) is 53.6 Å². The Morgan fingerprint density at radius 2 is 1.59 bits per heavy atom. The van der Waals surface area contributed by atoms with E-state index in [0.29, 0.717) is 23.3 Å². The van der Waals surface area contributed by atoms with Crippen molar-refractivity contribution in [3.63, 3.8) is 0 Å². The standard InChI is InChI=1S/C28H34N4O5S2/c1-5-7-15-31(16-8-6-2)39(36,37)19-13-14-22-23(17-19)38-28(29-22)30-25(33)24(18(3)4)32-26(34)20-11-9-10-12-21(20)27(32)35/h9-14,17-18,24H,5-8,15-16H2,1-4H3,(H,29,30,33). The number of fused-ring (bicyclic) bond motifs is 2. The number of benzene rings is 2. The van der Waals surface area contributed by atoms with Gasteiger partial charge in [0.25, 0.3) is 11.8 Å². The molecular weight excluding hydrogens is 536 g/mol. The van der Waals surface area contributed by atoms with Crippen LogP contribution >= 0.6 is 11.3 Å². The molecule has 2 heterocycles. The second kappa shape index (κ2) is 11.9. The minimum absolute atomic E-state index is 0.190. The first-order valence-corrected chi connectivity index (χ1v) is 15.5. The van der Waals surface area contributed by atoms with Crippen LogP contribution in [0.15, 0.2) is 47.4 Å². The SMILES string of the molecule is CCCCN(CCCC)S(=O)(=O)c1ccc2nc(NC(=O)C(C(C)C)N3C(=O)c4ccccc4C3=O)sc2c1. The van der Waals surface area contributed by atoms with Crippen LogP contribution in [0.3, 0.4) is 0 Å². The molecule has 3 aromatic rings. The van der Waals surface area contributed by atoms with Gasteiger partial charge in [-0.1, -0.05) is 64.0 Å². The van der Waals surface area contributed by atoms with Crippen molar-refractivity contribution in [2.45, 2.75) is 64.3 Å². The largest absolute Gasteiger partial charge is 0.300 e. The first kappa shape index (κ1) is 28.8. The van der Waals surface area contributed by atoms with Gasteiger partial charge in [0.2, 0.25) is 15.9 Å². The zero-order valence-corrected chi connectivity index (χ0v) is 24.3. The minimum Gasteiger partial charge on any atom is -0.300 e. The monoisotopic (exact) mass is 570 g/mol. The van der Waals surface area contributed by atoms with E-state index in [1.165, 1.54) is 0 Å². The van der Waals surface area contributed by atoms with Crippen molar-refractivity contribution >= 4 is 54.4 Å². The molecule has 0 saturated heterocycles. The van der Waals surface area contributed by atoms with E-state index in [9.17, 15) is 22.8 Å². The van der Waals surface area contributed by atoms with Crippen LogP contribution in [0.5, 0.6) is 0 Å². The third-order valence-electron chi connectivity index (χ3n) is 6.75. The predicted molar refractivity (Wildman–Crippen MR) is 152 cm³/mol. The highest BCUT2D eigenvalue weighted by atomic mass is 32.2. The van der Waals surface area contributed by atoms with Crippen molar-refractivity contribution < 1.29 is 22.8 Å². The fraction of sp³-hybridized carbons (Fsp3) is 0.429. The quantitative estimate of drug-likeness (QED) is 0.301. The van der Waals surface area contributed by atoms with Gasteiger partial charge < -0.3 is 5.32 Å². The Hall–Kier alpha value is -3.15. The molecule has 1 atom stereocenters. The highest BCUT2D eigenvalue weighted by molar-refractivity contribution is 7.89. The highest BCUT2D eigenvalue weighted by Gasteiger charge is 2.44. The fourth-order valence-electron chi connectivity index (χ4n) is 4.65. The zero-order chi connectivity index (χ0) is 28.3. The Kier molecular flexibility index (Phi) is 8.83. The summed E-state index contributed by atoms with van der Waals surface area (Å²) in [5.74, 6) is -1.88. The number of nitrogens with one attached hydrogen (secondary N) is 1. The van der Waals surface area contributed by atoms with Gasteiger partial charge in [0.05, 0.1) is 26.2 Å². The third-order valence-corrected chi connectivity index (χ3v) is 9.58. The lowest BCUT2D eigenvalue weighted by atomic mass is 10.0. The number of thiazole rings is 1. The van der Waals surface area contributed by atoms with E-state index in [4.69, 9.17) is 0 Å². The first-order valence-electron chi connectivity index (χ1n) is 13.3. The number of carbonyl (C=O) groups is 3. The van der Waals surface area contributed by atoms with Crippen molar-refractivity contribution in [2.24, 2.45) is 5.92 Å². The van der Waals surface area contributed by atoms with Crippen LogP contribution in [-0.2, 0) is 14.8 Å². The Morgan fingerprint density at radius 1 is 1.00 bits per heavy atom. The van der Waals surface area contributed by atoms with E-state index in [0.717, 1.165) is 41.9 Å². The van der Waals surface area contributed by atoms with Gasteiger partial charge in [-0.3, -0.25) is 19.3 Å². The van der Waals surface area contributed by atoms with Crippen LogP contribution in [0.2, 0.25) is 0 Å². The average Bonchev–Trinajstić information content (AvgIpc) is 3.42. The Bertz CT molecular complexity index is 1460. The number of hydrogen-bond acceptors (Lipinski definition) is 7. The summed E-state index contributed by atoms with van der Waals surface area (Å²) in [6.45, 7) is 8.53. The van der Waals surface area contributed by atoms with Gasteiger partial charge in [-0.15, -0.1) is 0 Å². The van der Waals surface area contributed by atoms with Crippen LogP contribution in [0.25, 0.3) is 10.2 Å². The number of sulfonamides is 1. The molecule has 1 aliphatic heterocycles. The maximum absolute atomic E-state index is 13.4. The minimum atomic E-state index is -3.68. The average molecular weight is 571 g/mol. The van der Waals surface area contributed by atoms with Gasteiger partial charge in [0, 0.05) is 13.1 Å². The van der Waals surface area contributed by atoms with Crippen LogP contribution < -0.4 is 5.32 Å². The summed E-state index contributed by atoms with van der Waals surface area (Å²) in [5.41, 5.74) is 1.10. The molecule has 3 amide bonds. The van der Waals surface area contributed by atoms with E-state index in [1.54, 1.807) is 60.6 Å². The molecule has 9 nitrogen and oxygen atoms in total. The maximum atomic E-state index is 13.4. The fourth-order valence-corrected chi connectivity index (χ4v) is 7.17. The third kappa shape index (κ3) is 5.75. The molecule has 1 unspecified atom stereocenters. The van der Waals surface area contributed by atoms with Crippen molar-refractivity contribution in [2.75, 3.05) is 18.4 Å². The number of unbranched alkanes of at least 4 members (excludes halogenated alkanes) is 2. The van der Waals surface area contributed by atoms with Gasteiger partial charge >= 0.3 is 0 Å². The Labute approximate surface area is 233 Å². The summed E-state index contributed by atoms with van der Waals surface area (Å²) < 4.78 is 29.0. The second-order valence-electron chi connectivity index (χ2n) is 9.96. The van der Waals surface area contributed by atoms with Gasteiger partial charge in [-0.25, -0.2) is 13.4 Å². The molecule has 0 radical (unpaired) electrons. The topological polar surface area (TPSA) is 117 Å². The number of carbonyl (C=O) groups excluding carboxylic acids is 3. The summed E-state index contributed by atoms with van der Waals surface area (Å²) in [6.07, 6.45) is 3.36. The molecule has 1 aromatic heterocycles. The van der Waals surface area contributed by atoms with Crippen molar-refractivity contribution in [1.29, 1.82) is 0 Å². The highest BCUT2D eigenvalue weighted by Crippen LogP contribution is 2.31. The number of imide groups is 1. The Balaban J connectivity index is 1.58. The van der Waals surface area contributed by atoms with Gasteiger partial charge in [-0.05, 0) is 49.1 Å². The van der Waals surface area contributed by atoms with E-state index >= 15 is 0 Å². The Morgan fingerprint density at radius 3 is 2.13 bits per heavy atom. The number of anilines is 1. The van der Waals surface area contributed by atoms with Crippen LogP contribution in [0.4, 0.5) is 5.13 Å². The first-order chi connectivity index (χ1) is 18.6. The van der Waals surface area contributed by atoms with E-state index in [1.807, 2.05) is 13.8 Å². The lowest BCUT2D eigenvalue weighted by molar-refractivity contribution is -0.121. The van der Waals surface area contributed by atoms with E-state index in [-0.39, 0.29) is 27.1 Å². The van der Waals surface area contributed by atoms with Crippen molar-refractivity contribution in [3.8, 4) is 0 Å². The van der Waals surface area contributed by atoms with Gasteiger partial charge in [0.1, 0.15) is 6.04 Å². The molecule has 4 rings (SSSR count). The van der Waals surface area contributed by atoms with Crippen LogP contribution in [0, 0.1) is 5.92 Å². The van der Waals surface area contributed by atoms with E-state index in [2.05, 4.69) is 10.3 Å². The summed E-state index contributed by atoms with van der Waals surface area (Å²) in [4.78, 5) is 45.1. The van der Waals surface area contributed by atoms with Gasteiger partial charge in [-0.2, -0.15) is 4.31 Å². The van der Waals surface area contributed by atoms with Crippen LogP contribution in [0.1, 0.15) is 74.1 Å². The molecule has 0 aliphatic carbocycles. The predicted octanol–water partition coefficient (Wildman–Crippen LogP) is 5.15. The number of nitrogens with zero attached hydrogens (tertiary/aromatic N) is 3. The molecular formula is C28H34N4O5S2. The molecule has 1 N–H and O–H groups in total.